The number of aromatic nitrogens is 1. The Kier molecular flexibility index (Phi) is 6.07. The van der Waals surface area contributed by atoms with E-state index in [2.05, 4.69) is 15.6 Å². The number of pyridine rings is 1. The molecule has 0 radical (unpaired) electrons. The molecule has 1 fully saturated rings. The van der Waals surface area contributed by atoms with Gasteiger partial charge in [-0.3, -0.25) is 4.98 Å². The fourth-order valence-electron chi connectivity index (χ4n) is 2.85. The van der Waals surface area contributed by atoms with Crippen molar-refractivity contribution in [3.63, 3.8) is 0 Å². The van der Waals surface area contributed by atoms with Crippen molar-refractivity contribution in [2.45, 2.75) is 39.3 Å². The molecule has 1 saturated heterocycles. The number of urea groups is 1. The Morgan fingerprint density at radius 1 is 1.31 bits per heavy atom. The number of carbonyl (C=O) groups excluding carboxylic acids is 1. The largest absolute Gasteiger partial charge is 0.489 e. The first-order valence-corrected chi connectivity index (χ1v) is 8.92. The number of amides is 2. The van der Waals surface area contributed by atoms with E-state index in [0.29, 0.717) is 24.6 Å². The number of anilines is 1. The Hall–Kier alpha value is -2.60. The molecular weight excluding hydrogens is 330 g/mol. The van der Waals surface area contributed by atoms with Crippen LogP contribution in [0.2, 0.25) is 0 Å². The summed E-state index contributed by atoms with van der Waals surface area (Å²) in [6, 6.07) is 11.2. The third-order valence-corrected chi connectivity index (χ3v) is 4.21. The van der Waals surface area contributed by atoms with Crippen molar-refractivity contribution in [2.24, 2.45) is 0 Å². The SMILES string of the molecule is Cc1ccc(NC(=O)NCc2cccc(C)n2)c(OCC2CCCO2)c1. The molecule has 6 nitrogen and oxygen atoms in total. The molecule has 1 aliphatic rings. The van der Waals surface area contributed by atoms with Gasteiger partial charge in [0.2, 0.25) is 0 Å². The first-order chi connectivity index (χ1) is 12.6. The lowest BCUT2D eigenvalue weighted by Crippen LogP contribution is -2.29. The summed E-state index contributed by atoms with van der Waals surface area (Å²) in [4.78, 5) is 16.6. The number of carbonyl (C=O) groups is 1. The van der Waals surface area contributed by atoms with Crippen molar-refractivity contribution in [3.8, 4) is 5.75 Å². The molecule has 2 heterocycles. The van der Waals surface area contributed by atoms with Crippen LogP contribution in [-0.2, 0) is 11.3 Å². The lowest BCUT2D eigenvalue weighted by Gasteiger charge is -2.16. The highest BCUT2D eigenvalue weighted by atomic mass is 16.5. The van der Waals surface area contributed by atoms with Gasteiger partial charge in [-0.15, -0.1) is 0 Å². The van der Waals surface area contributed by atoms with E-state index >= 15 is 0 Å². The standard InChI is InChI=1S/C20H25N3O3/c1-14-8-9-18(19(11-14)26-13-17-7-4-10-25-17)23-20(24)21-12-16-6-3-5-15(2)22-16/h3,5-6,8-9,11,17H,4,7,10,12-13H2,1-2H3,(H2,21,23,24). The van der Waals surface area contributed by atoms with Gasteiger partial charge < -0.3 is 20.1 Å². The molecule has 1 unspecified atom stereocenters. The van der Waals surface area contributed by atoms with Crippen molar-refractivity contribution < 1.29 is 14.3 Å². The van der Waals surface area contributed by atoms with E-state index in [4.69, 9.17) is 9.47 Å². The molecule has 0 aliphatic carbocycles. The summed E-state index contributed by atoms with van der Waals surface area (Å²) >= 11 is 0. The fourth-order valence-corrected chi connectivity index (χ4v) is 2.85. The van der Waals surface area contributed by atoms with Crippen LogP contribution in [-0.4, -0.2) is 30.3 Å². The average molecular weight is 355 g/mol. The summed E-state index contributed by atoms with van der Waals surface area (Å²) in [5.41, 5.74) is 3.46. The van der Waals surface area contributed by atoms with Crippen LogP contribution >= 0.6 is 0 Å². The number of rotatable bonds is 6. The van der Waals surface area contributed by atoms with E-state index in [1.807, 2.05) is 50.2 Å². The van der Waals surface area contributed by atoms with Crippen LogP contribution in [0, 0.1) is 13.8 Å². The maximum absolute atomic E-state index is 12.2. The van der Waals surface area contributed by atoms with E-state index in [1.54, 1.807) is 0 Å². The second kappa shape index (κ2) is 8.67. The van der Waals surface area contributed by atoms with E-state index < -0.39 is 0 Å². The number of ether oxygens (including phenoxy) is 2. The highest BCUT2D eigenvalue weighted by molar-refractivity contribution is 5.90. The molecule has 6 heteroatoms. The number of hydrogen-bond donors (Lipinski definition) is 2. The van der Waals surface area contributed by atoms with Crippen molar-refractivity contribution in [1.29, 1.82) is 0 Å². The minimum atomic E-state index is -0.292. The number of aryl methyl sites for hydroxylation is 2. The smallest absolute Gasteiger partial charge is 0.319 e. The summed E-state index contributed by atoms with van der Waals surface area (Å²) in [5.74, 6) is 0.657. The molecule has 138 valence electrons. The zero-order valence-corrected chi connectivity index (χ0v) is 15.2. The predicted molar refractivity (Wildman–Crippen MR) is 100 cm³/mol. The van der Waals surface area contributed by atoms with Crippen LogP contribution in [0.3, 0.4) is 0 Å². The Bertz CT molecular complexity index is 758. The van der Waals surface area contributed by atoms with Gasteiger partial charge in [0.25, 0.3) is 0 Å². The minimum absolute atomic E-state index is 0.129. The van der Waals surface area contributed by atoms with Gasteiger partial charge in [-0.25, -0.2) is 4.79 Å². The van der Waals surface area contributed by atoms with Crippen molar-refractivity contribution in [2.75, 3.05) is 18.5 Å². The number of benzene rings is 1. The van der Waals surface area contributed by atoms with Crippen LogP contribution in [0.15, 0.2) is 36.4 Å². The third kappa shape index (κ3) is 5.20. The van der Waals surface area contributed by atoms with Gasteiger partial charge in [0, 0.05) is 12.3 Å². The van der Waals surface area contributed by atoms with Crippen LogP contribution in [0.25, 0.3) is 0 Å². The van der Waals surface area contributed by atoms with Gasteiger partial charge >= 0.3 is 6.03 Å². The summed E-state index contributed by atoms with van der Waals surface area (Å²) in [6.45, 7) is 5.57. The Labute approximate surface area is 153 Å². The topological polar surface area (TPSA) is 72.5 Å². The predicted octanol–water partition coefficient (Wildman–Crippen LogP) is 3.58. The second-order valence-electron chi connectivity index (χ2n) is 6.52. The van der Waals surface area contributed by atoms with Crippen LogP contribution in [0.4, 0.5) is 10.5 Å². The molecule has 0 bridgehead atoms. The van der Waals surface area contributed by atoms with Crippen LogP contribution < -0.4 is 15.4 Å². The zero-order chi connectivity index (χ0) is 18.4. The summed E-state index contributed by atoms with van der Waals surface area (Å²) in [5, 5.41) is 5.68. The van der Waals surface area contributed by atoms with Gasteiger partial charge in [-0.1, -0.05) is 12.1 Å². The minimum Gasteiger partial charge on any atom is -0.489 e. The quantitative estimate of drug-likeness (QED) is 0.831. The lowest BCUT2D eigenvalue weighted by atomic mass is 10.2. The third-order valence-electron chi connectivity index (χ3n) is 4.21. The molecule has 2 aromatic rings. The maximum Gasteiger partial charge on any atom is 0.319 e. The van der Waals surface area contributed by atoms with Crippen molar-refractivity contribution in [3.05, 3.63) is 53.3 Å². The van der Waals surface area contributed by atoms with Gasteiger partial charge in [0.05, 0.1) is 24.0 Å². The number of nitrogens with zero attached hydrogens (tertiary/aromatic N) is 1. The molecule has 0 spiro atoms. The van der Waals surface area contributed by atoms with E-state index in [1.165, 1.54) is 0 Å². The highest BCUT2D eigenvalue weighted by Gasteiger charge is 2.17. The van der Waals surface area contributed by atoms with Gasteiger partial charge in [-0.05, 0) is 56.5 Å². The lowest BCUT2D eigenvalue weighted by molar-refractivity contribution is 0.0682. The van der Waals surface area contributed by atoms with Gasteiger partial charge in [0.15, 0.2) is 0 Å². The van der Waals surface area contributed by atoms with Gasteiger partial charge in [-0.2, -0.15) is 0 Å². The fraction of sp³-hybridized carbons (Fsp3) is 0.400. The zero-order valence-electron chi connectivity index (χ0n) is 15.2. The van der Waals surface area contributed by atoms with E-state index in [-0.39, 0.29) is 12.1 Å². The second-order valence-corrected chi connectivity index (χ2v) is 6.52. The van der Waals surface area contributed by atoms with Crippen LogP contribution in [0.1, 0.15) is 29.8 Å². The average Bonchev–Trinajstić information content (AvgIpc) is 3.14. The van der Waals surface area contributed by atoms with E-state index in [9.17, 15) is 4.79 Å². The first kappa shape index (κ1) is 18.2. The monoisotopic (exact) mass is 355 g/mol. The number of hydrogen-bond acceptors (Lipinski definition) is 4. The Morgan fingerprint density at radius 3 is 2.96 bits per heavy atom. The summed E-state index contributed by atoms with van der Waals surface area (Å²) in [7, 11) is 0. The van der Waals surface area contributed by atoms with Crippen molar-refractivity contribution in [1.82, 2.24) is 10.3 Å². The maximum atomic E-state index is 12.2. The molecule has 2 N–H and O–H groups in total. The molecule has 3 rings (SSSR count). The van der Waals surface area contributed by atoms with Crippen molar-refractivity contribution >= 4 is 11.7 Å². The first-order valence-electron chi connectivity index (χ1n) is 8.92. The van der Waals surface area contributed by atoms with E-state index in [0.717, 1.165) is 36.4 Å². The molecule has 26 heavy (non-hydrogen) atoms. The Balaban J connectivity index is 1.58. The molecule has 1 aromatic heterocycles. The Morgan fingerprint density at radius 2 is 2.19 bits per heavy atom. The molecule has 0 saturated carbocycles. The summed E-state index contributed by atoms with van der Waals surface area (Å²) in [6.07, 6.45) is 2.21. The highest BCUT2D eigenvalue weighted by Crippen LogP contribution is 2.26. The normalized spacial score (nSPS) is 16.3. The molecule has 1 aromatic carbocycles. The molecule has 1 atom stereocenters. The van der Waals surface area contributed by atoms with Crippen LogP contribution in [0.5, 0.6) is 5.75 Å². The number of nitrogens with one attached hydrogen (secondary N) is 2. The van der Waals surface area contributed by atoms with Gasteiger partial charge in [0.1, 0.15) is 12.4 Å². The molecule has 2 amide bonds. The molecular formula is C20H25N3O3. The summed E-state index contributed by atoms with van der Waals surface area (Å²) < 4.78 is 11.5. The molecule has 1 aliphatic heterocycles.